The second kappa shape index (κ2) is 6.73. The van der Waals surface area contributed by atoms with Crippen LogP contribution >= 0.6 is 27.5 Å². The predicted octanol–water partition coefficient (Wildman–Crippen LogP) is 3.60. The van der Waals surface area contributed by atoms with Crippen LogP contribution in [0.3, 0.4) is 0 Å². The van der Waals surface area contributed by atoms with E-state index < -0.39 is 5.54 Å². The summed E-state index contributed by atoms with van der Waals surface area (Å²) in [5.74, 6) is 0.303. The maximum absolute atomic E-state index is 12.3. The van der Waals surface area contributed by atoms with Gasteiger partial charge < -0.3 is 11.1 Å². The monoisotopic (exact) mass is 346 g/mol. The highest BCUT2D eigenvalue weighted by molar-refractivity contribution is 9.10. The fourth-order valence-electron chi connectivity index (χ4n) is 2.12. The van der Waals surface area contributed by atoms with E-state index >= 15 is 0 Å². The summed E-state index contributed by atoms with van der Waals surface area (Å²) in [4.78, 5) is 12.3. The van der Waals surface area contributed by atoms with Gasteiger partial charge in [-0.15, -0.1) is 0 Å². The van der Waals surface area contributed by atoms with Crippen LogP contribution in [0.25, 0.3) is 0 Å². The van der Waals surface area contributed by atoms with Gasteiger partial charge in [0.15, 0.2) is 0 Å². The van der Waals surface area contributed by atoms with Crippen LogP contribution in [-0.2, 0) is 0 Å². The quantitative estimate of drug-likeness (QED) is 0.855. The zero-order valence-corrected chi connectivity index (χ0v) is 13.8. The smallest absolute Gasteiger partial charge is 0.251 e. The van der Waals surface area contributed by atoms with Crippen molar-refractivity contribution in [2.24, 2.45) is 11.7 Å². The summed E-state index contributed by atoms with van der Waals surface area (Å²) < 4.78 is 0.781. The van der Waals surface area contributed by atoms with E-state index in [4.69, 9.17) is 17.3 Å². The molecule has 0 aromatic heterocycles. The van der Waals surface area contributed by atoms with Gasteiger partial charge in [-0.25, -0.2) is 0 Å². The summed E-state index contributed by atoms with van der Waals surface area (Å²) in [5.41, 5.74) is 5.92. The number of nitrogens with one attached hydrogen (secondary N) is 1. The van der Waals surface area contributed by atoms with E-state index in [9.17, 15) is 4.79 Å². The van der Waals surface area contributed by atoms with Crippen molar-refractivity contribution in [1.29, 1.82) is 0 Å². The Morgan fingerprint density at radius 2 is 2.11 bits per heavy atom. The van der Waals surface area contributed by atoms with E-state index in [1.165, 1.54) is 0 Å². The number of benzene rings is 1. The second-order valence-corrected chi connectivity index (χ2v) is 6.83. The first-order valence-electron chi connectivity index (χ1n) is 6.24. The number of carbonyl (C=O) groups is 1. The van der Waals surface area contributed by atoms with Crippen molar-refractivity contribution in [3.8, 4) is 0 Å². The SMILES string of the molecule is CC(C)CC(C)(CN)NC(=O)c1cc(Cl)cc(Br)c1. The van der Waals surface area contributed by atoms with Crippen molar-refractivity contribution in [3.63, 3.8) is 0 Å². The van der Waals surface area contributed by atoms with Gasteiger partial charge in [-0.1, -0.05) is 41.4 Å². The molecule has 0 fully saturated rings. The zero-order valence-electron chi connectivity index (χ0n) is 11.5. The lowest BCUT2D eigenvalue weighted by Gasteiger charge is -2.31. The minimum Gasteiger partial charge on any atom is -0.346 e. The van der Waals surface area contributed by atoms with Gasteiger partial charge >= 0.3 is 0 Å². The van der Waals surface area contributed by atoms with Crippen molar-refractivity contribution in [2.45, 2.75) is 32.7 Å². The molecular weight excluding hydrogens is 328 g/mol. The minimum absolute atomic E-state index is 0.156. The van der Waals surface area contributed by atoms with Crippen molar-refractivity contribution in [1.82, 2.24) is 5.32 Å². The maximum Gasteiger partial charge on any atom is 0.251 e. The van der Waals surface area contributed by atoms with E-state index in [1.807, 2.05) is 6.92 Å². The van der Waals surface area contributed by atoms with Crippen LogP contribution in [0.5, 0.6) is 0 Å². The molecule has 0 aliphatic heterocycles. The Labute approximate surface area is 128 Å². The fraction of sp³-hybridized carbons (Fsp3) is 0.500. The molecule has 0 heterocycles. The van der Waals surface area contributed by atoms with Crippen LogP contribution in [0, 0.1) is 5.92 Å². The Balaban J connectivity index is 2.88. The highest BCUT2D eigenvalue weighted by atomic mass is 79.9. The first-order valence-corrected chi connectivity index (χ1v) is 7.41. The van der Waals surface area contributed by atoms with Crippen LogP contribution in [0.1, 0.15) is 37.6 Å². The summed E-state index contributed by atoms with van der Waals surface area (Å²) in [6, 6.07) is 5.13. The van der Waals surface area contributed by atoms with E-state index in [0.29, 0.717) is 23.0 Å². The number of rotatable bonds is 5. The molecular formula is C14H20BrClN2O. The maximum atomic E-state index is 12.3. The number of hydrogen-bond donors (Lipinski definition) is 2. The molecule has 0 bridgehead atoms. The summed E-state index contributed by atoms with van der Waals surface area (Å²) in [5, 5.41) is 3.53. The molecule has 19 heavy (non-hydrogen) atoms. The summed E-state index contributed by atoms with van der Waals surface area (Å²) in [6.45, 7) is 6.58. The first kappa shape index (κ1) is 16.5. The lowest BCUT2D eigenvalue weighted by atomic mass is 9.90. The Kier molecular flexibility index (Phi) is 5.83. The normalized spacial score (nSPS) is 14.3. The molecule has 1 atom stereocenters. The van der Waals surface area contributed by atoms with Gasteiger partial charge in [0, 0.05) is 27.1 Å². The van der Waals surface area contributed by atoms with Gasteiger partial charge in [0.25, 0.3) is 5.91 Å². The number of halogens is 2. The molecule has 1 aromatic rings. The standard InChI is InChI=1S/C14H20BrClN2O/c1-9(2)7-14(3,8-17)18-13(19)10-4-11(15)6-12(16)5-10/h4-6,9H,7-8,17H2,1-3H3,(H,18,19). The molecule has 106 valence electrons. The zero-order chi connectivity index (χ0) is 14.6. The predicted molar refractivity (Wildman–Crippen MR) is 83.5 cm³/mol. The van der Waals surface area contributed by atoms with E-state index in [1.54, 1.807) is 18.2 Å². The topological polar surface area (TPSA) is 55.1 Å². The van der Waals surface area contributed by atoms with Crippen molar-refractivity contribution in [3.05, 3.63) is 33.3 Å². The molecule has 0 radical (unpaired) electrons. The van der Waals surface area contributed by atoms with Gasteiger partial charge in [0.1, 0.15) is 0 Å². The Bertz CT molecular complexity index is 445. The molecule has 1 amide bonds. The van der Waals surface area contributed by atoms with E-state index in [-0.39, 0.29) is 5.91 Å². The van der Waals surface area contributed by atoms with Gasteiger partial charge in [-0.05, 0) is 37.5 Å². The van der Waals surface area contributed by atoms with Crippen molar-refractivity contribution >= 4 is 33.4 Å². The summed E-state index contributed by atoms with van der Waals surface area (Å²) >= 11 is 9.28. The third-order valence-electron chi connectivity index (χ3n) is 2.85. The van der Waals surface area contributed by atoms with E-state index in [0.717, 1.165) is 10.9 Å². The Morgan fingerprint density at radius 1 is 1.47 bits per heavy atom. The third kappa shape index (κ3) is 5.13. The molecule has 0 aliphatic carbocycles. The third-order valence-corrected chi connectivity index (χ3v) is 3.53. The van der Waals surface area contributed by atoms with Crippen molar-refractivity contribution in [2.75, 3.05) is 6.54 Å². The van der Waals surface area contributed by atoms with Crippen molar-refractivity contribution < 1.29 is 4.79 Å². The number of nitrogens with two attached hydrogens (primary N) is 1. The lowest BCUT2D eigenvalue weighted by Crippen LogP contribution is -2.52. The average Bonchev–Trinajstić information content (AvgIpc) is 2.26. The summed E-state index contributed by atoms with van der Waals surface area (Å²) in [6.07, 6.45) is 0.830. The lowest BCUT2D eigenvalue weighted by molar-refractivity contribution is 0.0898. The van der Waals surface area contributed by atoms with Gasteiger partial charge in [-0.3, -0.25) is 4.79 Å². The highest BCUT2D eigenvalue weighted by Crippen LogP contribution is 2.21. The molecule has 0 saturated heterocycles. The van der Waals surface area contributed by atoms with Gasteiger partial charge in [0.2, 0.25) is 0 Å². The van der Waals surface area contributed by atoms with Crippen LogP contribution in [0.4, 0.5) is 0 Å². The Morgan fingerprint density at radius 3 is 2.58 bits per heavy atom. The number of amides is 1. The van der Waals surface area contributed by atoms with Gasteiger partial charge in [-0.2, -0.15) is 0 Å². The minimum atomic E-state index is -0.403. The van der Waals surface area contributed by atoms with Gasteiger partial charge in [0.05, 0.1) is 0 Å². The largest absolute Gasteiger partial charge is 0.346 e. The molecule has 0 aliphatic rings. The fourth-order valence-corrected chi connectivity index (χ4v) is 2.98. The molecule has 1 unspecified atom stereocenters. The molecule has 0 saturated carbocycles. The summed E-state index contributed by atoms with van der Waals surface area (Å²) in [7, 11) is 0. The van der Waals surface area contributed by atoms with E-state index in [2.05, 4.69) is 35.1 Å². The molecule has 3 nitrogen and oxygen atoms in total. The Hall–Kier alpha value is -0.580. The number of carbonyl (C=O) groups excluding carboxylic acids is 1. The highest BCUT2D eigenvalue weighted by Gasteiger charge is 2.26. The average molecular weight is 348 g/mol. The van der Waals surface area contributed by atoms with Crippen LogP contribution < -0.4 is 11.1 Å². The molecule has 1 rings (SSSR count). The van der Waals surface area contributed by atoms with Crippen LogP contribution in [0.2, 0.25) is 5.02 Å². The first-order chi connectivity index (χ1) is 8.75. The second-order valence-electron chi connectivity index (χ2n) is 5.48. The molecule has 3 N–H and O–H groups in total. The number of hydrogen-bond acceptors (Lipinski definition) is 2. The van der Waals surface area contributed by atoms with Crippen LogP contribution in [0.15, 0.2) is 22.7 Å². The molecule has 1 aromatic carbocycles. The van der Waals surface area contributed by atoms with Crippen LogP contribution in [-0.4, -0.2) is 18.0 Å². The molecule has 5 heteroatoms. The molecule has 0 spiro atoms.